The highest BCUT2D eigenvalue weighted by molar-refractivity contribution is 4.76. The number of hydrazine groups is 1. The summed E-state index contributed by atoms with van der Waals surface area (Å²) in [6.07, 6.45) is 0. The number of nitrogens with zero attached hydrogens (tertiary/aromatic N) is 2. The summed E-state index contributed by atoms with van der Waals surface area (Å²) in [5, 5.41) is 10.6. The van der Waals surface area contributed by atoms with Crippen LogP contribution in [0.1, 0.15) is 0 Å². The lowest BCUT2D eigenvalue weighted by Crippen LogP contribution is -2.55. The zero-order chi connectivity index (χ0) is 7.56. The van der Waals surface area contributed by atoms with Gasteiger partial charge in [-0.15, -0.1) is 0 Å². The van der Waals surface area contributed by atoms with Gasteiger partial charge in [0.15, 0.2) is 0 Å². The molecule has 4 heteroatoms. The molecule has 0 saturated carbocycles. The summed E-state index contributed by atoms with van der Waals surface area (Å²) in [6.45, 7) is 2.81. The lowest BCUT2D eigenvalue weighted by Gasteiger charge is -2.35. The molecule has 0 unspecified atom stereocenters. The molecule has 1 aliphatic rings. The van der Waals surface area contributed by atoms with Gasteiger partial charge in [0.25, 0.3) is 0 Å². The number of rotatable bonds is 1. The van der Waals surface area contributed by atoms with Crippen LogP contribution in [-0.4, -0.2) is 54.3 Å². The van der Waals surface area contributed by atoms with E-state index >= 15 is 0 Å². The Morgan fingerprint density at radius 3 is 2.80 bits per heavy atom. The predicted molar refractivity (Wildman–Crippen MR) is 39.3 cm³/mol. The SMILES string of the molecule is CN1CCN(N)C[C@H]1CO. The Kier molecular flexibility index (Phi) is 2.62. The maximum atomic E-state index is 8.86. The lowest BCUT2D eigenvalue weighted by atomic mass is 10.2. The summed E-state index contributed by atoms with van der Waals surface area (Å²) in [5.41, 5.74) is 0. The molecule has 0 bridgehead atoms. The molecule has 0 aromatic carbocycles. The molecule has 0 aromatic rings. The monoisotopic (exact) mass is 145 g/mol. The molecule has 0 spiro atoms. The Hall–Kier alpha value is -0.160. The third-order valence-electron chi connectivity index (χ3n) is 2.02. The molecule has 60 valence electrons. The first-order valence-electron chi connectivity index (χ1n) is 3.55. The van der Waals surface area contributed by atoms with E-state index in [9.17, 15) is 0 Å². The average molecular weight is 145 g/mol. The molecule has 0 radical (unpaired) electrons. The van der Waals surface area contributed by atoms with Crippen molar-refractivity contribution < 1.29 is 5.11 Å². The quantitative estimate of drug-likeness (QED) is 0.439. The van der Waals surface area contributed by atoms with E-state index in [2.05, 4.69) is 4.90 Å². The molecule has 1 rings (SSSR count). The standard InChI is InChI=1S/C6H15N3O/c1-8-2-3-9(7)4-6(8)5-10/h6,10H,2-5,7H2,1H3/t6-/m0/s1. The summed E-state index contributed by atoms with van der Waals surface area (Å²) < 4.78 is 0. The maximum absolute atomic E-state index is 8.86. The first-order chi connectivity index (χ1) is 4.74. The molecule has 0 amide bonds. The van der Waals surface area contributed by atoms with Crippen LogP contribution in [0.5, 0.6) is 0 Å². The molecular formula is C6H15N3O. The minimum atomic E-state index is 0.199. The van der Waals surface area contributed by atoms with E-state index in [0.717, 1.165) is 19.6 Å². The van der Waals surface area contributed by atoms with Crippen LogP contribution in [0.2, 0.25) is 0 Å². The summed E-state index contributed by atoms with van der Waals surface area (Å²) in [7, 11) is 2.01. The Bertz CT molecular complexity index is 109. The van der Waals surface area contributed by atoms with Crippen molar-refractivity contribution in [1.82, 2.24) is 9.91 Å². The Balaban J connectivity index is 2.38. The fourth-order valence-corrected chi connectivity index (χ4v) is 1.17. The van der Waals surface area contributed by atoms with Gasteiger partial charge in [-0.3, -0.25) is 10.7 Å². The lowest BCUT2D eigenvalue weighted by molar-refractivity contribution is 0.0578. The molecule has 1 aliphatic heterocycles. The molecule has 0 aliphatic carbocycles. The molecule has 3 N–H and O–H groups in total. The molecule has 4 nitrogen and oxygen atoms in total. The molecule has 1 atom stereocenters. The number of piperazine rings is 1. The van der Waals surface area contributed by atoms with Gasteiger partial charge in [-0.1, -0.05) is 0 Å². The van der Waals surface area contributed by atoms with Crippen molar-refractivity contribution in [2.45, 2.75) is 6.04 Å². The molecular weight excluding hydrogens is 130 g/mol. The van der Waals surface area contributed by atoms with Gasteiger partial charge < -0.3 is 5.11 Å². The second-order valence-corrected chi connectivity index (χ2v) is 2.81. The average Bonchev–Trinajstić information content (AvgIpc) is 1.94. The van der Waals surface area contributed by atoms with Crippen LogP contribution in [0.15, 0.2) is 0 Å². The van der Waals surface area contributed by atoms with E-state index in [0.29, 0.717) is 0 Å². The Labute approximate surface area is 61.2 Å². The Morgan fingerprint density at radius 1 is 1.60 bits per heavy atom. The van der Waals surface area contributed by atoms with Crippen molar-refractivity contribution in [3.05, 3.63) is 0 Å². The van der Waals surface area contributed by atoms with E-state index in [4.69, 9.17) is 10.9 Å². The third-order valence-corrected chi connectivity index (χ3v) is 2.02. The predicted octanol–water partition coefficient (Wildman–Crippen LogP) is -1.53. The van der Waals surface area contributed by atoms with E-state index < -0.39 is 0 Å². The topological polar surface area (TPSA) is 52.7 Å². The van der Waals surface area contributed by atoms with Gasteiger partial charge in [0.1, 0.15) is 0 Å². The van der Waals surface area contributed by atoms with Crippen LogP contribution < -0.4 is 5.84 Å². The smallest absolute Gasteiger partial charge is 0.0599 e. The van der Waals surface area contributed by atoms with E-state index in [1.807, 2.05) is 7.05 Å². The Morgan fingerprint density at radius 2 is 2.30 bits per heavy atom. The molecule has 10 heavy (non-hydrogen) atoms. The first-order valence-corrected chi connectivity index (χ1v) is 3.55. The fourth-order valence-electron chi connectivity index (χ4n) is 1.17. The summed E-state index contributed by atoms with van der Waals surface area (Å²) in [4.78, 5) is 2.13. The molecule has 1 fully saturated rings. The number of aliphatic hydroxyl groups excluding tert-OH is 1. The molecule has 1 saturated heterocycles. The van der Waals surface area contributed by atoms with Crippen molar-refractivity contribution in [3.63, 3.8) is 0 Å². The first kappa shape index (κ1) is 7.94. The highest BCUT2D eigenvalue weighted by Crippen LogP contribution is 2.02. The summed E-state index contributed by atoms with van der Waals surface area (Å²) in [6, 6.07) is 0.221. The molecule has 1 heterocycles. The van der Waals surface area contributed by atoms with Crippen molar-refractivity contribution >= 4 is 0 Å². The maximum Gasteiger partial charge on any atom is 0.0599 e. The van der Waals surface area contributed by atoms with Gasteiger partial charge in [-0.2, -0.15) is 0 Å². The van der Waals surface area contributed by atoms with Gasteiger partial charge in [0.2, 0.25) is 0 Å². The summed E-state index contributed by atoms with van der Waals surface area (Å²) >= 11 is 0. The minimum Gasteiger partial charge on any atom is -0.395 e. The number of nitrogens with two attached hydrogens (primary N) is 1. The van der Waals surface area contributed by atoms with Gasteiger partial charge in [0.05, 0.1) is 6.61 Å². The van der Waals surface area contributed by atoms with Crippen LogP contribution in [0, 0.1) is 0 Å². The van der Waals surface area contributed by atoms with Gasteiger partial charge >= 0.3 is 0 Å². The highest BCUT2D eigenvalue weighted by Gasteiger charge is 2.20. The third kappa shape index (κ3) is 1.67. The van der Waals surface area contributed by atoms with Crippen LogP contribution in [0.4, 0.5) is 0 Å². The highest BCUT2D eigenvalue weighted by atomic mass is 16.3. The minimum absolute atomic E-state index is 0.199. The van der Waals surface area contributed by atoms with E-state index in [-0.39, 0.29) is 12.6 Å². The zero-order valence-electron chi connectivity index (χ0n) is 6.32. The van der Waals surface area contributed by atoms with Crippen LogP contribution in [0.3, 0.4) is 0 Å². The van der Waals surface area contributed by atoms with Gasteiger partial charge in [0, 0.05) is 25.7 Å². The number of likely N-dealkylation sites (N-methyl/N-ethyl adjacent to an activating group) is 1. The normalized spacial score (nSPS) is 30.9. The van der Waals surface area contributed by atoms with Crippen molar-refractivity contribution in [2.24, 2.45) is 5.84 Å². The van der Waals surface area contributed by atoms with Gasteiger partial charge in [-0.05, 0) is 7.05 Å². The van der Waals surface area contributed by atoms with Gasteiger partial charge in [-0.25, -0.2) is 5.01 Å². The van der Waals surface area contributed by atoms with E-state index in [1.165, 1.54) is 0 Å². The van der Waals surface area contributed by atoms with Crippen LogP contribution >= 0.6 is 0 Å². The van der Waals surface area contributed by atoms with Crippen LogP contribution in [0.25, 0.3) is 0 Å². The zero-order valence-corrected chi connectivity index (χ0v) is 6.32. The largest absolute Gasteiger partial charge is 0.395 e. The number of hydrogen-bond donors (Lipinski definition) is 2. The number of hydrogen-bond acceptors (Lipinski definition) is 4. The van der Waals surface area contributed by atoms with E-state index in [1.54, 1.807) is 5.01 Å². The number of aliphatic hydroxyl groups is 1. The second-order valence-electron chi connectivity index (χ2n) is 2.81. The van der Waals surface area contributed by atoms with Crippen molar-refractivity contribution in [3.8, 4) is 0 Å². The van der Waals surface area contributed by atoms with Crippen LogP contribution in [-0.2, 0) is 0 Å². The summed E-state index contributed by atoms with van der Waals surface area (Å²) in [5.74, 6) is 5.56. The second kappa shape index (κ2) is 3.30. The molecule has 0 aromatic heterocycles. The van der Waals surface area contributed by atoms with Crippen molar-refractivity contribution in [2.75, 3.05) is 33.3 Å². The van der Waals surface area contributed by atoms with Crippen molar-refractivity contribution in [1.29, 1.82) is 0 Å². The fraction of sp³-hybridized carbons (Fsp3) is 1.00.